The molecule has 1 N–H and O–H groups in total. The number of ether oxygens (including phenoxy) is 2. The Labute approximate surface area is 184 Å². The molecule has 0 saturated carbocycles. The minimum absolute atomic E-state index is 0. The Morgan fingerprint density at radius 1 is 1.24 bits per heavy atom. The summed E-state index contributed by atoms with van der Waals surface area (Å²) in [5.74, 6) is 0.778. The van der Waals surface area contributed by atoms with E-state index in [2.05, 4.69) is 15.3 Å². The Bertz CT molecular complexity index is 665. The predicted molar refractivity (Wildman–Crippen MR) is 112 cm³/mol. The molecule has 0 spiro atoms. The zero-order chi connectivity index (χ0) is 20.6. The van der Waals surface area contributed by atoms with Crippen molar-refractivity contribution >= 4 is 36.0 Å². The molecule has 1 saturated heterocycles. The van der Waals surface area contributed by atoms with E-state index in [0.29, 0.717) is 45.3 Å². The number of amides is 1. The molecule has 0 atom stereocenters. The van der Waals surface area contributed by atoms with Crippen LogP contribution in [0.4, 0.5) is 18.0 Å². The fourth-order valence-electron chi connectivity index (χ4n) is 2.60. The van der Waals surface area contributed by atoms with Crippen molar-refractivity contribution in [3.05, 3.63) is 23.9 Å². The lowest BCUT2D eigenvalue weighted by molar-refractivity contribution is -0.137. The lowest BCUT2D eigenvalue weighted by Gasteiger charge is -2.35. The molecule has 1 aliphatic rings. The molecule has 0 radical (unpaired) electrons. The van der Waals surface area contributed by atoms with Gasteiger partial charge in [0.25, 0.3) is 0 Å². The van der Waals surface area contributed by atoms with Gasteiger partial charge in [0.05, 0.1) is 18.7 Å². The van der Waals surface area contributed by atoms with Gasteiger partial charge in [-0.3, -0.25) is 4.99 Å². The molecular weight excluding hydrogens is 506 g/mol. The Morgan fingerprint density at radius 3 is 2.41 bits per heavy atom. The Balaban J connectivity index is 0.00000420. The highest BCUT2D eigenvalue weighted by atomic mass is 127. The van der Waals surface area contributed by atoms with Gasteiger partial charge >= 0.3 is 12.3 Å². The van der Waals surface area contributed by atoms with E-state index < -0.39 is 11.7 Å². The quantitative estimate of drug-likeness (QED) is 0.272. The van der Waals surface area contributed by atoms with Crippen molar-refractivity contribution in [2.75, 3.05) is 53.0 Å². The lowest BCUT2D eigenvalue weighted by atomic mass is 10.3. The van der Waals surface area contributed by atoms with Gasteiger partial charge in [0.2, 0.25) is 5.88 Å². The average Bonchev–Trinajstić information content (AvgIpc) is 2.68. The molecule has 1 amide bonds. The Hall–Kier alpha value is -1.99. The van der Waals surface area contributed by atoms with Crippen LogP contribution in [0.1, 0.15) is 12.5 Å². The molecule has 1 aliphatic heterocycles. The first-order chi connectivity index (χ1) is 13.3. The van der Waals surface area contributed by atoms with E-state index in [4.69, 9.17) is 9.47 Å². The summed E-state index contributed by atoms with van der Waals surface area (Å²) in [5, 5.41) is 3.12. The van der Waals surface area contributed by atoms with Crippen molar-refractivity contribution in [3.8, 4) is 5.88 Å². The molecule has 164 valence electrons. The van der Waals surface area contributed by atoms with E-state index in [1.54, 1.807) is 18.9 Å². The molecule has 1 aromatic heterocycles. The predicted octanol–water partition coefficient (Wildman–Crippen LogP) is 2.45. The molecule has 29 heavy (non-hydrogen) atoms. The van der Waals surface area contributed by atoms with Crippen molar-refractivity contribution in [1.82, 2.24) is 20.1 Å². The molecule has 8 nitrogen and oxygen atoms in total. The van der Waals surface area contributed by atoms with Crippen LogP contribution in [0, 0.1) is 0 Å². The molecule has 2 rings (SSSR count). The van der Waals surface area contributed by atoms with Crippen molar-refractivity contribution < 1.29 is 27.4 Å². The fourth-order valence-corrected chi connectivity index (χ4v) is 2.60. The van der Waals surface area contributed by atoms with Gasteiger partial charge < -0.3 is 24.6 Å². The summed E-state index contributed by atoms with van der Waals surface area (Å²) in [6.45, 7) is 5.00. The van der Waals surface area contributed by atoms with Gasteiger partial charge in [0, 0.05) is 45.5 Å². The van der Waals surface area contributed by atoms with Crippen LogP contribution in [0.15, 0.2) is 23.3 Å². The number of piperazine rings is 1. The topological polar surface area (TPSA) is 79.3 Å². The van der Waals surface area contributed by atoms with Gasteiger partial charge in [0.15, 0.2) is 5.96 Å². The first kappa shape index (κ1) is 25.0. The van der Waals surface area contributed by atoms with Gasteiger partial charge in [-0.15, -0.1) is 24.0 Å². The number of carbonyl (C=O) groups excluding carboxylic acids is 1. The average molecular weight is 531 g/mol. The van der Waals surface area contributed by atoms with E-state index in [0.717, 1.165) is 12.3 Å². The third kappa shape index (κ3) is 7.74. The summed E-state index contributed by atoms with van der Waals surface area (Å²) in [4.78, 5) is 23.2. The van der Waals surface area contributed by atoms with E-state index in [9.17, 15) is 18.0 Å². The highest BCUT2D eigenvalue weighted by Gasteiger charge is 2.30. The summed E-state index contributed by atoms with van der Waals surface area (Å²) in [6.07, 6.45) is -4.00. The standard InChI is InChI=1S/C17H24F3N5O3.HI/c1-3-27-16(26)25-9-7-24(8-10-25)15(21-2)22-6-11-28-14-5-4-13(12-23-14)17(18,19)20;/h4-5,12H,3,6-11H2,1-2H3,(H,21,22);1H. The Morgan fingerprint density at radius 2 is 1.90 bits per heavy atom. The maximum absolute atomic E-state index is 12.5. The minimum Gasteiger partial charge on any atom is -0.476 e. The number of hydrogen-bond acceptors (Lipinski definition) is 5. The Kier molecular flexibility index (Phi) is 10.3. The molecule has 1 fully saturated rings. The van der Waals surface area contributed by atoms with Crippen LogP contribution in [0.2, 0.25) is 0 Å². The van der Waals surface area contributed by atoms with Crippen molar-refractivity contribution in [2.45, 2.75) is 13.1 Å². The SMILES string of the molecule is CCOC(=O)N1CCN(C(=NC)NCCOc2ccc(C(F)(F)F)cn2)CC1.I. The van der Waals surface area contributed by atoms with Gasteiger partial charge in [0.1, 0.15) is 6.61 Å². The van der Waals surface area contributed by atoms with Crippen molar-refractivity contribution in [2.24, 2.45) is 4.99 Å². The minimum atomic E-state index is -4.42. The molecule has 0 aromatic carbocycles. The summed E-state index contributed by atoms with van der Waals surface area (Å²) in [7, 11) is 1.65. The fraction of sp³-hybridized carbons (Fsp3) is 0.588. The number of halogens is 4. The lowest BCUT2D eigenvalue weighted by Crippen LogP contribution is -2.54. The summed E-state index contributed by atoms with van der Waals surface area (Å²) in [5.41, 5.74) is -0.819. The van der Waals surface area contributed by atoms with Gasteiger partial charge in [-0.2, -0.15) is 13.2 Å². The second kappa shape index (κ2) is 11.9. The molecule has 0 bridgehead atoms. The number of alkyl halides is 3. The number of guanidine groups is 1. The third-order valence-corrected chi connectivity index (χ3v) is 4.02. The van der Waals surface area contributed by atoms with Gasteiger partial charge in [-0.25, -0.2) is 9.78 Å². The highest BCUT2D eigenvalue weighted by molar-refractivity contribution is 14.0. The van der Waals surface area contributed by atoms with E-state index in [1.807, 2.05) is 4.90 Å². The van der Waals surface area contributed by atoms with Gasteiger partial charge in [-0.05, 0) is 13.0 Å². The number of hydrogen-bond donors (Lipinski definition) is 1. The molecular formula is C17H25F3IN5O3. The summed E-state index contributed by atoms with van der Waals surface area (Å²) in [6, 6.07) is 2.12. The first-order valence-corrected chi connectivity index (χ1v) is 8.88. The summed E-state index contributed by atoms with van der Waals surface area (Å²) >= 11 is 0. The number of aromatic nitrogens is 1. The highest BCUT2D eigenvalue weighted by Crippen LogP contribution is 2.29. The van der Waals surface area contributed by atoms with Crippen LogP contribution in [-0.2, 0) is 10.9 Å². The van der Waals surface area contributed by atoms with Crippen LogP contribution in [0.25, 0.3) is 0 Å². The number of nitrogens with zero attached hydrogens (tertiary/aromatic N) is 4. The molecule has 0 aliphatic carbocycles. The van der Waals surface area contributed by atoms with Crippen LogP contribution in [-0.4, -0.2) is 79.8 Å². The number of aliphatic imine (C=N–C) groups is 1. The van der Waals surface area contributed by atoms with Gasteiger partial charge in [-0.1, -0.05) is 0 Å². The molecule has 0 unspecified atom stereocenters. The van der Waals surface area contributed by atoms with Crippen LogP contribution < -0.4 is 10.1 Å². The zero-order valence-electron chi connectivity index (χ0n) is 16.2. The van der Waals surface area contributed by atoms with Crippen molar-refractivity contribution in [1.29, 1.82) is 0 Å². The second-order valence-corrected chi connectivity index (χ2v) is 5.88. The number of carbonyl (C=O) groups is 1. The van der Waals surface area contributed by atoms with Crippen LogP contribution in [0.3, 0.4) is 0 Å². The van der Waals surface area contributed by atoms with E-state index in [-0.39, 0.29) is 42.6 Å². The van der Waals surface area contributed by atoms with Crippen molar-refractivity contribution in [3.63, 3.8) is 0 Å². The maximum Gasteiger partial charge on any atom is 0.417 e. The van der Waals surface area contributed by atoms with E-state index >= 15 is 0 Å². The normalized spacial score (nSPS) is 14.9. The molecule has 12 heteroatoms. The van der Waals surface area contributed by atoms with E-state index in [1.165, 1.54) is 6.07 Å². The molecule has 1 aromatic rings. The monoisotopic (exact) mass is 531 g/mol. The third-order valence-electron chi connectivity index (χ3n) is 4.02. The smallest absolute Gasteiger partial charge is 0.417 e. The van der Waals surface area contributed by atoms with Crippen LogP contribution in [0.5, 0.6) is 5.88 Å². The molecule has 2 heterocycles. The number of pyridine rings is 1. The largest absolute Gasteiger partial charge is 0.476 e. The maximum atomic E-state index is 12.5. The first-order valence-electron chi connectivity index (χ1n) is 8.88. The zero-order valence-corrected chi connectivity index (χ0v) is 18.6. The number of rotatable bonds is 5. The summed E-state index contributed by atoms with van der Waals surface area (Å²) < 4.78 is 47.8. The number of nitrogens with one attached hydrogen (secondary N) is 1. The second-order valence-electron chi connectivity index (χ2n) is 5.88. The van der Waals surface area contributed by atoms with Crippen LogP contribution >= 0.6 is 24.0 Å².